The zero-order valence-electron chi connectivity index (χ0n) is 23.6. The summed E-state index contributed by atoms with van der Waals surface area (Å²) in [5.74, 6) is -0.863. The number of carbonyl (C=O) groups excluding carboxylic acids is 1. The number of halogens is 1. The molecule has 0 aliphatic carbocycles. The molecular formula is C29H28FN5O7S. The zero-order chi connectivity index (χ0) is 31.3. The molecule has 0 aliphatic rings. The molecule has 0 atom stereocenters. The average molecular weight is 610 g/mol. The summed E-state index contributed by atoms with van der Waals surface area (Å²) in [7, 11) is -1.96. The van der Waals surface area contributed by atoms with Crippen molar-refractivity contribution in [2.45, 2.75) is 18.7 Å². The molecule has 0 unspecified atom stereocenters. The third kappa shape index (κ3) is 6.33. The van der Waals surface area contributed by atoms with Crippen molar-refractivity contribution in [2.75, 3.05) is 25.1 Å². The molecule has 1 aromatic heterocycles. The molecule has 0 spiro atoms. The number of rotatable bonds is 11. The lowest BCUT2D eigenvalue weighted by atomic mass is 10.2. The zero-order valence-corrected chi connectivity index (χ0v) is 24.5. The summed E-state index contributed by atoms with van der Waals surface area (Å²) >= 11 is 0. The van der Waals surface area contributed by atoms with Crippen LogP contribution in [0.2, 0.25) is 0 Å². The number of nitro groups is 1. The van der Waals surface area contributed by atoms with Crippen LogP contribution in [0.3, 0.4) is 0 Å². The van der Waals surface area contributed by atoms with Crippen molar-refractivity contribution < 1.29 is 32.0 Å². The molecule has 12 nitrogen and oxygen atoms in total. The molecule has 14 heteroatoms. The molecule has 1 heterocycles. The first kappa shape index (κ1) is 30.7. The minimum atomic E-state index is -4.68. The van der Waals surface area contributed by atoms with Crippen molar-refractivity contribution in [3.8, 4) is 17.2 Å². The molecule has 4 rings (SSSR count). The molecule has 43 heavy (non-hydrogen) atoms. The highest BCUT2D eigenvalue weighted by Gasteiger charge is 2.34. The second-order valence-corrected chi connectivity index (χ2v) is 11.0. The predicted molar refractivity (Wildman–Crippen MR) is 158 cm³/mol. The normalized spacial score (nSPS) is 11.4. The van der Waals surface area contributed by atoms with E-state index < -0.39 is 43.8 Å². The third-order valence-electron chi connectivity index (χ3n) is 6.53. The smallest absolute Gasteiger partial charge is 0.289 e. The Kier molecular flexibility index (Phi) is 9.09. The summed E-state index contributed by atoms with van der Waals surface area (Å²) in [6.45, 7) is 2.76. The Morgan fingerprint density at radius 1 is 1.07 bits per heavy atom. The highest BCUT2D eigenvalue weighted by atomic mass is 32.2. The van der Waals surface area contributed by atoms with Crippen LogP contribution in [0, 0.1) is 29.8 Å². The SMILES string of the molecule is COc1ccc(N(CC(=O)N/N=C\c2cc(C)n(-c3ccccc3F)c2C)S(=O)(=O)c2ccccc2[N+](=O)[O-])c(OC)c1. The van der Waals surface area contributed by atoms with Gasteiger partial charge in [0.1, 0.15) is 23.9 Å². The van der Waals surface area contributed by atoms with Crippen molar-refractivity contribution in [1.82, 2.24) is 9.99 Å². The monoisotopic (exact) mass is 609 g/mol. The van der Waals surface area contributed by atoms with E-state index in [-0.39, 0.29) is 11.4 Å². The Balaban J connectivity index is 1.66. The molecule has 0 saturated heterocycles. The number of hydrogen-bond donors (Lipinski definition) is 1. The van der Waals surface area contributed by atoms with Crippen LogP contribution in [0.25, 0.3) is 5.69 Å². The number of ether oxygens (including phenoxy) is 2. The van der Waals surface area contributed by atoms with Crippen LogP contribution in [0.5, 0.6) is 11.5 Å². The maximum atomic E-state index is 14.4. The van der Waals surface area contributed by atoms with Crippen molar-refractivity contribution in [2.24, 2.45) is 5.10 Å². The van der Waals surface area contributed by atoms with E-state index in [1.165, 1.54) is 56.8 Å². The number of nitro benzene ring substituents is 1. The summed E-state index contributed by atoms with van der Waals surface area (Å²) < 4.78 is 55.1. The number of aryl methyl sites for hydroxylation is 1. The molecule has 4 aromatic rings. The second kappa shape index (κ2) is 12.7. The minimum Gasteiger partial charge on any atom is -0.497 e. The lowest BCUT2D eigenvalue weighted by Crippen LogP contribution is -2.40. The van der Waals surface area contributed by atoms with Crippen LogP contribution >= 0.6 is 0 Å². The van der Waals surface area contributed by atoms with Gasteiger partial charge < -0.3 is 14.0 Å². The van der Waals surface area contributed by atoms with E-state index in [0.717, 1.165) is 17.8 Å². The highest BCUT2D eigenvalue weighted by Crippen LogP contribution is 2.37. The first-order valence-electron chi connectivity index (χ1n) is 12.7. The molecule has 0 radical (unpaired) electrons. The number of benzene rings is 3. The standard InChI is InChI=1S/C29H28FN5O7S/c1-19-15-21(20(2)34(19)24-10-6-5-9-23(24)30)17-31-32-29(36)18-33(25-14-13-22(41-3)16-27(25)42-4)43(39,40)28-12-8-7-11-26(28)35(37)38/h5-17H,18H2,1-4H3,(H,32,36)/b31-17-. The number of nitrogens with zero attached hydrogens (tertiary/aromatic N) is 4. The fourth-order valence-electron chi connectivity index (χ4n) is 4.50. The van der Waals surface area contributed by atoms with Gasteiger partial charge in [0.05, 0.1) is 36.7 Å². The molecule has 1 amide bonds. The van der Waals surface area contributed by atoms with Crippen molar-refractivity contribution in [1.29, 1.82) is 0 Å². The minimum absolute atomic E-state index is 0.0402. The quantitative estimate of drug-likeness (QED) is 0.150. The fraction of sp³-hybridized carbons (Fsp3) is 0.172. The lowest BCUT2D eigenvalue weighted by molar-refractivity contribution is -0.387. The average Bonchev–Trinajstić information content (AvgIpc) is 3.27. The van der Waals surface area contributed by atoms with Gasteiger partial charge in [0, 0.05) is 29.1 Å². The summed E-state index contributed by atoms with van der Waals surface area (Å²) in [4.78, 5) is 23.3. The predicted octanol–water partition coefficient (Wildman–Crippen LogP) is 4.50. The number of amides is 1. The van der Waals surface area contributed by atoms with Gasteiger partial charge in [-0.1, -0.05) is 24.3 Å². The lowest BCUT2D eigenvalue weighted by Gasteiger charge is -2.25. The van der Waals surface area contributed by atoms with Gasteiger partial charge in [0.25, 0.3) is 21.6 Å². The molecule has 224 valence electrons. The Bertz CT molecular complexity index is 1820. The molecule has 0 aliphatic heterocycles. The van der Waals surface area contributed by atoms with E-state index in [2.05, 4.69) is 10.5 Å². The first-order chi connectivity index (χ1) is 20.5. The Morgan fingerprint density at radius 3 is 2.44 bits per heavy atom. The van der Waals surface area contributed by atoms with Crippen LogP contribution < -0.4 is 19.2 Å². The first-order valence-corrected chi connectivity index (χ1v) is 14.2. The van der Waals surface area contributed by atoms with Gasteiger partial charge in [-0.2, -0.15) is 5.10 Å². The van der Waals surface area contributed by atoms with Crippen LogP contribution in [-0.2, 0) is 14.8 Å². The number of para-hydroxylation sites is 2. The van der Waals surface area contributed by atoms with E-state index in [9.17, 15) is 27.7 Å². The molecule has 0 fully saturated rings. The maximum Gasteiger partial charge on any atom is 0.289 e. The number of aromatic nitrogens is 1. The molecule has 3 aromatic carbocycles. The summed E-state index contributed by atoms with van der Waals surface area (Å²) in [5.41, 5.74) is 3.90. The van der Waals surface area contributed by atoms with Gasteiger partial charge in [0.2, 0.25) is 0 Å². The topological polar surface area (TPSA) is 145 Å². The fourth-order valence-corrected chi connectivity index (χ4v) is 6.09. The van der Waals surface area contributed by atoms with Crippen LogP contribution in [0.1, 0.15) is 17.0 Å². The Morgan fingerprint density at radius 2 is 1.77 bits per heavy atom. The van der Waals surface area contributed by atoms with Crippen LogP contribution in [-0.4, -0.2) is 50.8 Å². The summed E-state index contributed by atoms with van der Waals surface area (Å²) in [6, 6.07) is 17.1. The van der Waals surface area contributed by atoms with E-state index in [0.29, 0.717) is 27.0 Å². The van der Waals surface area contributed by atoms with Gasteiger partial charge in [-0.15, -0.1) is 0 Å². The van der Waals surface area contributed by atoms with E-state index in [1.54, 1.807) is 42.7 Å². The number of methoxy groups -OCH3 is 2. The molecular weight excluding hydrogens is 581 g/mol. The van der Waals surface area contributed by atoms with Crippen LogP contribution in [0.15, 0.2) is 82.8 Å². The van der Waals surface area contributed by atoms with Crippen LogP contribution in [0.4, 0.5) is 15.8 Å². The van der Waals surface area contributed by atoms with Gasteiger partial charge in [-0.05, 0) is 50.2 Å². The van der Waals surface area contributed by atoms with Gasteiger partial charge in [-0.25, -0.2) is 18.2 Å². The molecule has 0 saturated carbocycles. The third-order valence-corrected chi connectivity index (χ3v) is 8.34. The number of hydrogen-bond acceptors (Lipinski definition) is 8. The maximum absolute atomic E-state index is 14.4. The van der Waals surface area contributed by atoms with Crippen molar-refractivity contribution in [3.63, 3.8) is 0 Å². The molecule has 1 N–H and O–H groups in total. The largest absolute Gasteiger partial charge is 0.497 e. The van der Waals surface area contributed by atoms with Gasteiger partial charge in [-0.3, -0.25) is 19.2 Å². The highest BCUT2D eigenvalue weighted by molar-refractivity contribution is 7.93. The van der Waals surface area contributed by atoms with Gasteiger partial charge in [0.15, 0.2) is 4.90 Å². The number of sulfonamides is 1. The van der Waals surface area contributed by atoms with Crippen molar-refractivity contribution >= 4 is 33.5 Å². The number of anilines is 1. The van der Waals surface area contributed by atoms with Gasteiger partial charge >= 0.3 is 0 Å². The number of nitrogens with one attached hydrogen (secondary N) is 1. The van der Waals surface area contributed by atoms with E-state index >= 15 is 0 Å². The molecule has 0 bridgehead atoms. The Hall–Kier alpha value is -5.24. The number of carbonyl (C=O) groups is 1. The second-order valence-electron chi connectivity index (χ2n) is 9.18. The number of hydrazone groups is 1. The van der Waals surface area contributed by atoms with Crippen molar-refractivity contribution in [3.05, 3.63) is 106 Å². The van der Waals surface area contributed by atoms with E-state index in [4.69, 9.17) is 9.47 Å². The Labute approximate surface area is 247 Å². The summed E-state index contributed by atoms with van der Waals surface area (Å²) in [5, 5.41) is 15.6. The van der Waals surface area contributed by atoms with E-state index in [1.807, 2.05) is 0 Å². The summed E-state index contributed by atoms with van der Waals surface area (Å²) in [6.07, 6.45) is 1.35.